The molecule has 6 heteroatoms. The third kappa shape index (κ3) is 3.01. The summed E-state index contributed by atoms with van der Waals surface area (Å²) >= 11 is 0. The summed E-state index contributed by atoms with van der Waals surface area (Å²) in [7, 11) is 1.56. The summed E-state index contributed by atoms with van der Waals surface area (Å²) in [6.45, 7) is 0.563. The summed E-state index contributed by atoms with van der Waals surface area (Å²) in [5.41, 5.74) is 0.717. The van der Waals surface area contributed by atoms with Crippen molar-refractivity contribution in [2.24, 2.45) is 0 Å². The van der Waals surface area contributed by atoms with E-state index in [0.29, 0.717) is 18.7 Å². The second-order valence-corrected chi connectivity index (χ2v) is 4.64. The van der Waals surface area contributed by atoms with Crippen LogP contribution < -0.4 is 10.1 Å². The van der Waals surface area contributed by atoms with E-state index in [9.17, 15) is 9.59 Å². The van der Waals surface area contributed by atoms with Crippen molar-refractivity contribution in [2.75, 3.05) is 25.5 Å². The van der Waals surface area contributed by atoms with Gasteiger partial charge < -0.3 is 20.1 Å². The van der Waals surface area contributed by atoms with Gasteiger partial charge in [0.2, 0.25) is 5.91 Å². The van der Waals surface area contributed by atoms with E-state index in [1.54, 1.807) is 13.2 Å². The van der Waals surface area contributed by atoms with Crippen LogP contribution in [0.1, 0.15) is 12.8 Å². The molecule has 0 radical (unpaired) electrons. The van der Waals surface area contributed by atoms with Gasteiger partial charge in [-0.2, -0.15) is 0 Å². The highest BCUT2D eigenvalue weighted by Crippen LogP contribution is 2.23. The number of methoxy groups -OCH3 is 1. The van der Waals surface area contributed by atoms with Crippen LogP contribution in [0.15, 0.2) is 24.3 Å². The average molecular weight is 278 g/mol. The number of carboxylic acid groups (broad SMARTS) is 1. The van der Waals surface area contributed by atoms with Crippen molar-refractivity contribution in [1.82, 2.24) is 4.90 Å². The number of amides is 1. The van der Waals surface area contributed by atoms with Crippen molar-refractivity contribution >= 4 is 17.6 Å². The van der Waals surface area contributed by atoms with E-state index in [1.807, 2.05) is 18.2 Å². The van der Waals surface area contributed by atoms with Crippen LogP contribution in [0.3, 0.4) is 0 Å². The predicted molar refractivity (Wildman–Crippen MR) is 73.9 cm³/mol. The van der Waals surface area contributed by atoms with Gasteiger partial charge in [-0.3, -0.25) is 4.79 Å². The molecule has 0 spiro atoms. The van der Waals surface area contributed by atoms with E-state index in [0.717, 1.165) is 12.1 Å². The molecule has 0 unspecified atom stereocenters. The first-order valence-corrected chi connectivity index (χ1v) is 6.52. The van der Waals surface area contributed by atoms with Gasteiger partial charge in [0.15, 0.2) is 0 Å². The largest absolute Gasteiger partial charge is 0.495 e. The van der Waals surface area contributed by atoms with E-state index in [1.165, 1.54) is 4.90 Å². The molecule has 1 aromatic carbocycles. The molecule has 6 nitrogen and oxygen atoms in total. The molecule has 0 aromatic heterocycles. The minimum Gasteiger partial charge on any atom is -0.495 e. The number of aliphatic carboxylic acids is 1. The van der Waals surface area contributed by atoms with E-state index in [4.69, 9.17) is 9.84 Å². The highest BCUT2D eigenvalue weighted by atomic mass is 16.5. The molecule has 1 aromatic rings. The van der Waals surface area contributed by atoms with Gasteiger partial charge in [-0.25, -0.2) is 4.79 Å². The second kappa shape index (κ2) is 6.27. The molecule has 0 saturated carbocycles. The van der Waals surface area contributed by atoms with Crippen LogP contribution in [0.4, 0.5) is 5.69 Å². The zero-order chi connectivity index (χ0) is 14.5. The third-order valence-corrected chi connectivity index (χ3v) is 3.40. The van der Waals surface area contributed by atoms with Crippen molar-refractivity contribution in [3.8, 4) is 5.75 Å². The van der Waals surface area contributed by atoms with Crippen LogP contribution in [0.2, 0.25) is 0 Å². The van der Waals surface area contributed by atoms with Gasteiger partial charge in [0, 0.05) is 6.54 Å². The Morgan fingerprint density at radius 2 is 2.20 bits per heavy atom. The lowest BCUT2D eigenvalue weighted by Gasteiger charge is -2.22. The summed E-state index contributed by atoms with van der Waals surface area (Å²) < 4.78 is 5.18. The lowest BCUT2D eigenvalue weighted by atomic mass is 10.2. The van der Waals surface area contributed by atoms with Gasteiger partial charge in [-0.05, 0) is 25.0 Å². The van der Waals surface area contributed by atoms with Gasteiger partial charge in [0.05, 0.1) is 19.3 Å². The van der Waals surface area contributed by atoms with Crippen molar-refractivity contribution < 1.29 is 19.4 Å². The maximum Gasteiger partial charge on any atom is 0.326 e. The zero-order valence-corrected chi connectivity index (χ0v) is 11.3. The first kappa shape index (κ1) is 14.2. The molecule has 20 heavy (non-hydrogen) atoms. The van der Waals surface area contributed by atoms with Crippen LogP contribution in [0, 0.1) is 0 Å². The summed E-state index contributed by atoms with van der Waals surface area (Å²) in [5.74, 6) is -0.495. The minimum absolute atomic E-state index is 0.0597. The number of carbonyl (C=O) groups is 2. The van der Waals surface area contributed by atoms with Crippen molar-refractivity contribution in [3.63, 3.8) is 0 Å². The fourth-order valence-corrected chi connectivity index (χ4v) is 2.39. The average Bonchev–Trinajstić information content (AvgIpc) is 2.94. The number of anilines is 1. The Hall–Kier alpha value is -2.24. The van der Waals surface area contributed by atoms with Gasteiger partial charge in [-0.15, -0.1) is 0 Å². The second-order valence-electron chi connectivity index (χ2n) is 4.64. The van der Waals surface area contributed by atoms with Crippen LogP contribution in [-0.2, 0) is 9.59 Å². The topological polar surface area (TPSA) is 78.9 Å². The Morgan fingerprint density at radius 3 is 2.90 bits per heavy atom. The monoisotopic (exact) mass is 278 g/mol. The number of benzene rings is 1. The van der Waals surface area contributed by atoms with Gasteiger partial charge in [0.1, 0.15) is 11.8 Å². The number of carbonyl (C=O) groups excluding carboxylic acids is 1. The number of para-hydroxylation sites is 2. The van der Waals surface area contributed by atoms with E-state index in [2.05, 4.69) is 5.32 Å². The molecule has 1 aliphatic heterocycles. The summed E-state index contributed by atoms with van der Waals surface area (Å²) in [4.78, 5) is 24.6. The molecule has 1 atom stereocenters. The van der Waals surface area contributed by atoms with Crippen molar-refractivity contribution in [2.45, 2.75) is 18.9 Å². The minimum atomic E-state index is -0.937. The van der Waals surface area contributed by atoms with Crippen LogP contribution >= 0.6 is 0 Å². The molecule has 108 valence electrons. The number of likely N-dealkylation sites (tertiary alicyclic amines) is 1. The highest BCUT2D eigenvalue weighted by molar-refractivity contribution is 5.87. The van der Waals surface area contributed by atoms with Gasteiger partial charge in [-0.1, -0.05) is 12.1 Å². The van der Waals surface area contributed by atoms with E-state index in [-0.39, 0.29) is 12.5 Å². The maximum atomic E-state index is 12.1. The third-order valence-electron chi connectivity index (χ3n) is 3.40. The Bertz CT molecular complexity index is 504. The molecule has 0 aliphatic carbocycles. The Labute approximate surface area is 117 Å². The maximum absolute atomic E-state index is 12.1. The van der Waals surface area contributed by atoms with Crippen molar-refractivity contribution in [3.05, 3.63) is 24.3 Å². The molecule has 2 N–H and O–H groups in total. The summed E-state index contributed by atoms with van der Waals surface area (Å²) in [5, 5.41) is 12.1. The standard InChI is InChI=1S/C14H18N2O4/c1-20-12-7-3-2-5-10(12)15-9-13(17)16-8-4-6-11(16)14(18)19/h2-3,5,7,11,15H,4,6,8-9H2,1H3,(H,18,19)/t11-/m0/s1. The lowest BCUT2D eigenvalue weighted by molar-refractivity contribution is -0.147. The van der Waals surface area contributed by atoms with Crippen LogP contribution in [-0.4, -0.2) is 48.1 Å². The normalized spacial score (nSPS) is 17.9. The number of rotatable bonds is 5. The molecule has 1 aliphatic rings. The predicted octanol–water partition coefficient (Wildman–Crippen LogP) is 1.18. The van der Waals surface area contributed by atoms with Gasteiger partial charge >= 0.3 is 5.97 Å². The molecule has 1 heterocycles. The quantitative estimate of drug-likeness (QED) is 0.845. The lowest BCUT2D eigenvalue weighted by Crippen LogP contribution is -2.43. The number of ether oxygens (including phenoxy) is 1. The first-order chi connectivity index (χ1) is 9.63. The molecular weight excluding hydrogens is 260 g/mol. The van der Waals surface area contributed by atoms with Crippen LogP contribution in [0.25, 0.3) is 0 Å². The first-order valence-electron chi connectivity index (χ1n) is 6.52. The SMILES string of the molecule is COc1ccccc1NCC(=O)N1CCC[C@H]1C(=O)O. The fraction of sp³-hybridized carbons (Fsp3) is 0.429. The van der Waals surface area contributed by atoms with E-state index >= 15 is 0 Å². The Kier molecular flexibility index (Phi) is 4.45. The van der Waals surface area contributed by atoms with Gasteiger partial charge in [0.25, 0.3) is 0 Å². The molecule has 1 amide bonds. The highest BCUT2D eigenvalue weighted by Gasteiger charge is 2.33. The molecule has 2 rings (SSSR count). The number of carboxylic acids is 1. The number of nitrogens with zero attached hydrogens (tertiary/aromatic N) is 1. The zero-order valence-electron chi connectivity index (χ0n) is 11.3. The Morgan fingerprint density at radius 1 is 1.45 bits per heavy atom. The molecule has 1 fully saturated rings. The molecular formula is C14H18N2O4. The van der Waals surface area contributed by atoms with Crippen LogP contribution in [0.5, 0.6) is 5.75 Å². The van der Waals surface area contributed by atoms with E-state index < -0.39 is 12.0 Å². The van der Waals surface area contributed by atoms with Crippen molar-refractivity contribution in [1.29, 1.82) is 0 Å². The number of nitrogens with one attached hydrogen (secondary N) is 1. The summed E-state index contributed by atoms with van der Waals surface area (Å²) in [6, 6.07) is 6.59. The summed E-state index contributed by atoms with van der Waals surface area (Å²) in [6.07, 6.45) is 1.26. The number of hydrogen-bond acceptors (Lipinski definition) is 4. The smallest absolute Gasteiger partial charge is 0.326 e. The molecule has 1 saturated heterocycles. The molecule has 0 bridgehead atoms. The number of hydrogen-bond donors (Lipinski definition) is 2. The Balaban J connectivity index is 1.97. The fourth-order valence-electron chi connectivity index (χ4n) is 2.39.